The Balaban J connectivity index is 2.40. The molecule has 0 fully saturated rings. The summed E-state index contributed by atoms with van der Waals surface area (Å²) in [6, 6.07) is 1.96. The second kappa shape index (κ2) is 7.61. The second-order valence-corrected chi connectivity index (χ2v) is 4.20. The Bertz CT molecular complexity index is 353. The quantitative estimate of drug-likeness (QED) is 0.785. The summed E-state index contributed by atoms with van der Waals surface area (Å²) in [7, 11) is 0. The molecule has 4 nitrogen and oxygen atoms in total. The van der Waals surface area contributed by atoms with Gasteiger partial charge in [0.05, 0.1) is 12.4 Å². The number of unbranched alkanes of at least 4 members (excludes halogenated alkanes) is 1. The molecular formula is C13H20N4. The molecule has 1 heterocycles. The van der Waals surface area contributed by atoms with Crippen LogP contribution >= 0.6 is 0 Å². The molecule has 0 aliphatic carbocycles. The number of aromatic nitrogens is 2. The predicted octanol–water partition coefficient (Wildman–Crippen LogP) is 2.98. The van der Waals surface area contributed by atoms with E-state index in [-0.39, 0.29) is 0 Å². The van der Waals surface area contributed by atoms with E-state index in [0.717, 1.165) is 12.4 Å². The smallest absolute Gasteiger partial charge is 0.158 e. The number of nitriles is 1. The third-order valence-electron chi connectivity index (χ3n) is 2.88. The number of rotatable bonds is 7. The average Bonchev–Trinajstić information content (AvgIpc) is 2.39. The largest absolute Gasteiger partial charge is 0.369 e. The van der Waals surface area contributed by atoms with E-state index in [0.29, 0.717) is 11.6 Å². The lowest BCUT2D eigenvalue weighted by molar-refractivity contribution is 0.472. The van der Waals surface area contributed by atoms with Gasteiger partial charge in [0, 0.05) is 6.54 Å². The molecule has 1 atom stereocenters. The van der Waals surface area contributed by atoms with Crippen molar-refractivity contribution in [2.45, 2.75) is 39.5 Å². The molecule has 0 bridgehead atoms. The molecule has 0 aromatic carbocycles. The number of nitrogens with zero attached hydrogens (tertiary/aromatic N) is 3. The van der Waals surface area contributed by atoms with Gasteiger partial charge in [0.25, 0.3) is 0 Å². The topological polar surface area (TPSA) is 61.6 Å². The van der Waals surface area contributed by atoms with Crippen molar-refractivity contribution in [3.63, 3.8) is 0 Å². The molecule has 0 radical (unpaired) electrons. The molecule has 1 N–H and O–H groups in total. The Morgan fingerprint density at radius 3 is 2.71 bits per heavy atom. The van der Waals surface area contributed by atoms with E-state index in [1.165, 1.54) is 31.9 Å². The van der Waals surface area contributed by atoms with Gasteiger partial charge in [0.15, 0.2) is 5.69 Å². The van der Waals surface area contributed by atoms with Crippen molar-refractivity contribution in [3.05, 3.63) is 18.1 Å². The first-order chi connectivity index (χ1) is 8.30. The Kier molecular flexibility index (Phi) is 6.02. The highest BCUT2D eigenvalue weighted by Gasteiger charge is 2.05. The first-order valence-corrected chi connectivity index (χ1v) is 6.26. The molecule has 0 spiro atoms. The highest BCUT2D eigenvalue weighted by Crippen LogP contribution is 2.13. The van der Waals surface area contributed by atoms with E-state index >= 15 is 0 Å². The number of hydrogen-bond donors (Lipinski definition) is 1. The van der Waals surface area contributed by atoms with E-state index in [9.17, 15) is 0 Å². The van der Waals surface area contributed by atoms with Crippen molar-refractivity contribution in [2.24, 2.45) is 5.92 Å². The first-order valence-electron chi connectivity index (χ1n) is 6.26. The lowest BCUT2D eigenvalue weighted by atomic mass is 9.99. The SMILES string of the molecule is CCCCC(CC)CNc1cnc(C#N)cn1. The zero-order valence-corrected chi connectivity index (χ0v) is 10.6. The summed E-state index contributed by atoms with van der Waals surface area (Å²) in [4.78, 5) is 8.12. The van der Waals surface area contributed by atoms with Crippen molar-refractivity contribution < 1.29 is 0 Å². The molecule has 1 aromatic heterocycles. The second-order valence-electron chi connectivity index (χ2n) is 4.20. The summed E-state index contributed by atoms with van der Waals surface area (Å²) in [5.41, 5.74) is 0.355. The molecule has 17 heavy (non-hydrogen) atoms. The number of nitrogens with one attached hydrogen (secondary N) is 1. The third kappa shape index (κ3) is 4.81. The van der Waals surface area contributed by atoms with Crippen molar-refractivity contribution >= 4 is 5.82 Å². The Labute approximate surface area is 103 Å². The van der Waals surface area contributed by atoms with Gasteiger partial charge in [-0.05, 0) is 12.3 Å². The highest BCUT2D eigenvalue weighted by atomic mass is 15.0. The summed E-state index contributed by atoms with van der Waals surface area (Å²) in [5, 5.41) is 11.9. The van der Waals surface area contributed by atoms with Crippen molar-refractivity contribution in [3.8, 4) is 6.07 Å². The lowest BCUT2D eigenvalue weighted by Gasteiger charge is -2.15. The minimum atomic E-state index is 0.355. The molecule has 0 saturated heterocycles. The normalized spacial score (nSPS) is 11.8. The van der Waals surface area contributed by atoms with Gasteiger partial charge in [0.1, 0.15) is 11.9 Å². The van der Waals surface area contributed by atoms with E-state index in [2.05, 4.69) is 29.1 Å². The molecule has 1 unspecified atom stereocenters. The molecule has 92 valence electrons. The van der Waals surface area contributed by atoms with Gasteiger partial charge in [-0.3, -0.25) is 0 Å². The van der Waals surface area contributed by atoms with Gasteiger partial charge in [-0.25, -0.2) is 9.97 Å². The maximum absolute atomic E-state index is 8.61. The third-order valence-corrected chi connectivity index (χ3v) is 2.88. The van der Waals surface area contributed by atoms with E-state index < -0.39 is 0 Å². The van der Waals surface area contributed by atoms with Crippen LogP contribution in [0.2, 0.25) is 0 Å². The number of anilines is 1. The van der Waals surface area contributed by atoms with Crippen LogP contribution in [0.4, 0.5) is 5.82 Å². The molecule has 0 aliphatic heterocycles. The van der Waals surface area contributed by atoms with Crippen LogP contribution in [0.25, 0.3) is 0 Å². The fraction of sp³-hybridized carbons (Fsp3) is 0.615. The van der Waals surface area contributed by atoms with Crippen LogP contribution in [0, 0.1) is 17.2 Å². The zero-order valence-electron chi connectivity index (χ0n) is 10.6. The first kappa shape index (κ1) is 13.4. The minimum Gasteiger partial charge on any atom is -0.369 e. The Morgan fingerprint density at radius 1 is 1.35 bits per heavy atom. The summed E-state index contributed by atoms with van der Waals surface area (Å²) in [6.45, 7) is 5.36. The number of hydrogen-bond acceptors (Lipinski definition) is 4. The molecular weight excluding hydrogens is 212 g/mol. The molecule has 0 aliphatic rings. The molecule has 0 saturated carbocycles. The predicted molar refractivity (Wildman–Crippen MR) is 68.5 cm³/mol. The summed E-state index contributed by atoms with van der Waals surface area (Å²) in [6.07, 6.45) is 8.06. The molecule has 1 aromatic rings. The summed E-state index contributed by atoms with van der Waals surface area (Å²) in [5.74, 6) is 1.44. The van der Waals surface area contributed by atoms with Crippen LogP contribution in [0.5, 0.6) is 0 Å². The Morgan fingerprint density at radius 2 is 2.18 bits per heavy atom. The van der Waals surface area contributed by atoms with Crippen molar-refractivity contribution in [1.82, 2.24) is 9.97 Å². The molecule has 0 amide bonds. The standard InChI is InChI=1S/C13H20N4/c1-3-5-6-11(4-2)8-16-13-10-15-12(7-14)9-17-13/h9-11H,3-6,8H2,1-2H3,(H,16,17). The molecule has 1 rings (SSSR count). The van der Waals surface area contributed by atoms with Gasteiger partial charge in [-0.2, -0.15) is 5.26 Å². The van der Waals surface area contributed by atoms with Crippen LogP contribution in [-0.2, 0) is 0 Å². The minimum absolute atomic E-state index is 0.355. The van der Waals surface area contributed by atoms with Gasteiger partial charge in [0.2, 0.25) is 0 Å². The van der Waals surface area contributed by atoms with Crippen LogP contribution in [0.15, 0.2) is 12.4 Å². The highest BCUT2D eigenvalue weighted by molar-refractivity contribution is 5.32. The van der Waals surface area contributed by atoms with E-state index in [4.69, 9.17) is 5.26 Å². The van der Waals surface area contributed by atoms with Crippen LogP contribution < -0.4 is 5.32 Å². The zero-order chi connectivity index (χ0) is 12.5. The maximum atomic E-state index is 8.61. The fourth-order valence-corrected chi connectivity index (χ4v) is 1.67. The monoisotopic (exact) mass is 232 g/mol. The van der Waals surface area contributed by atoms with Gasteiger partial charge in [-0.15, -0.1) is 0 Å². The fourth-order valence-electron chi connectivity index (χ4n) is 1.67. The van der Waals surface area contributed by atoms with Gasteiger partial charge in [-0.1, -0.05) is 33.1 Å². The maximum Gasteiger partial charge on any atom is 0.158 e. The van der Waals surface area contributed by atoms with E-state index in [1.54, 1.807) is 6.20 Å². The Hall–Kier alpha value is -1.63. The van der Waals surface area contributed by atoms with Crippen LogP contribution in [0.3, 0.4) is 0 Å². The van der Waals surface area contributed by atoms with Gasteiger partial charge < -0.3 is 5.32 Å². The molecule has 4 heteroatoms. The van der Waals surface area contributed by atoms with E-state index in [1.807, 2.05) is 6.07 Å². The van der Waals surface area contributed by atoms with Crippen LogP contribution in [-0.4, -0.2) is 16.5 Å². The summed E-state index contributed by atoms with van der Waals surface area (Å²) >= 11 is 0. The van der Waals surface area contributed by atoms with Crippen LogP contribution in [0.1, 0.15) is 45.2 Å². The lowest BCUT2D eigenvalue weighted by Crippen LogP contribution is -2.14. The summed E-state index contributed by atoms with van der Waals surface area (Å²) < 4.78 is 0. The van der Waals surface area contributed by atoms with Crippen molar-refractivity contribution in [1.29, 1.82) is 5.26 Å². The van der Waals surface area contributed by atoms with Crippen molar-refractivity contribution in [2.75, 3.05) is 11.9 Å². The average molecular weight is 232 g/mol. The van der Waals surface area contributed by atoms with Gasteiger partial charge >= 0.3 is 0 Å².